The summed E-state index contributed by atoms with van der Waals surface area (Å²) >= 11 is 1.39. The minimum absolute atomic E-state index is 0.0234. The molecule has 0 saturated carbocycles. The molecule has 1 fully saturated rings. The molecule has 7 heteroatoms. The predicted molar refractivity (Wildman–Crippen MR) is 128 cm³/mol. The fourth-order valence-corrected chi connectivity index (χ4v) is 5.08. The molecule has 6 nitrogen and oxygen atoms in total. The van der Waals surface area contributed by atoms with E-state index < -0.39 is 0 Å². The molecule has 2 aromatic rings. The summed E-state index contributed by atoms with van der Waals surface area (Å²) < 4.78 is 0. The number of piperidine rings is 1. The van der Waals surface area contributed by atoms with Crippen LogP contribution in [0.4, 0.5) is 5.69 Å². The maximum Gasteiger partial charge on any atom is 0.283 e. The Kier molecular flexibility index (Phi) is 8.10. The van der Waals surface area contributed by atoms with Crippen molar-refractivity contribution in [3.05, 3.63) is 69.8 Å². The molecular formula is C25H30N2O4S. The fourth-order valence-electron chi connectivity index (χ4n) is 3.90. The van der Waals surface area contributed by atoms with Gasteiger partial charge in [-0.1, -0.05) is 56.8 Å². The molecule has 0 aliphatic carbocycles. The summed E-state index contributed by atoms with van der Waals surface area (Å²) in [7, 11) is 0. The van der Waals surface area contributed by atoms with Crippen LogP contribution in [0.25, 0.3) is 6.08 Å². The van der Waals surface area contributed by atoms with E-state index in [4.69, 9.17) is 0 Å². The van der Waals surface area contributed by atoms with E-state index in [-0.39, 0.29) is 29.0 Å². The fraction of sp³-hybridized carbons (Fsp3) is 0.400. The van der Waals surface area contributed by atoms with Gasteiger partial charge in [0.15, 0.2) is 0 Å². The lowest BCUT2D eigenvalue weighted by atomic mass is 9.87. The SMILES string of the molecule is CC(C)c1ccccc1Sc1ccc(/C=C/C(=O)N2CCC(C)C(CO)C2)cc1[N+](=O)[O-]. The molecule has 2 aromatic carbocycles. The van der Waals surface area contributed by atoms with Crippen molar-refractivity contribution in [1.29, 1.82) is 0 Å². The minimum Gasteiger partial charge on any atom is -0.396 e. The van der Waals surface area contributed by atoms with Gasteiger partial charge in [-0.15, -0.1) is 0 Å². The number of rotatable bonds is 7. The number of hydrogen-bond acceptors (Lipinski definition) is 5. The highest BCUT2D eigenvalue weighted by Crippen LogP contribution is 2.39. The van der Waals surface area contributed by atoms with Crippen molar-refractivity contribution in [2.24, 2.45) is 11.8 Å². The largest absolute Gasteiger partial charge is 0.396 e. The molecule has 0 aromatic heterocycles. The molecule has 1 aliphatic rings. The lowest BCUT2D eigenvalue weighted by Crippen LogP contribution is -2.43. The van der Waals surface area contributed by atoms with Crippen LogP contribution in [0.5, 0.6) is 0 Å². The van der Waals surface area contributed by atoms with Gasteiger partial charge in [0.2, 0.25) is 5.91 Å². The highest BCUT2D eigenvalue weighted by Gasteiger charge is 2.27. The third-order valence-corrected chi connectivity index (χ3v) is 7.18. The molecule has 0 spiro atoms. The van der Waals surface area contributed by atoms with Gasteiger partial charge in [-0.25, -0.2) is 0 Å². The van der Waals surface area contributed by atoms with Gasteiger partial charge >= 0.3 is 0 Å². The Morgan fingerprint density at radius 3 is 2.72 bits per heavy atom. The van der Waals surface area contributed by atoms with Crippen LogP contribution in [0.2, 0.25) is 0 Å². The van der Waals surface area contributed by atoms with Crippen LogP contribution in [0, 0.1) is 22.0 Å². The molecule has 1 heterocycles. The number of nitro benzene ring substituents is 1. The Labute approximate surface area is 193 Å². The highest BCUT2D eigenvalue weighted by atomic mass is 32.2. The van der Waals surface area contributed by atoms with Crippen LogP contribution in [0.3, 0.4) is 0 Å². The average Bonchev–Trinajstić information content (AvgIpc) is 2.78. The minimum atomic E-state index is -0.378. The quantitative estimate of drug-likeness (QED) is 0.346. The van der Waals surface area contributed by atoms with Gasteiger partial charge in [-0.2, -0.15) is 0 Å². The number of benzene rings is 2. The van der Waals surface area contributed by atoms with Crippen molar-refractivity contribution < 1.29 is 14.8 Å². The van der Waals surface area contributed by atoms with Crippen LogP contribution in [0.15, 0.2) is 58.3 Å². The molecule has 0 radical (unpaired) electrons. The summed E-state index contributed by atoms with van der Waals surface area (Å²) in [5.41, 5.74) is 1.78. The van der Waals surface area contributed by atoms with E-state index in [1.165, 1.54) is 23.9 Å². The Morgan fingerprint density at radius 1 is 1.28 bits per heavy atom. The molecule has 170 valence electrons. The first-order valence-electron chi connectivity index (χ1n) is 10.9. The van der Waals surface area contributed by atoms with Gasteiger partial charge in [0.25, 0.3) is 5.69 Å². The molecular weight excluding hydrogens is 424 g/mol. The van der Waals surface area contributed by atoms with Crippen LogP contribution >= 0.6 is 11.8 Å². The summed E-state index contributed by atoms with van der Waals surface area (Å²) in [5.74, 6) is 0.658. The molecule has 2 atom stereocenters. The summed E-state index contributed by atoms with van der Waals surface area (Å²) in [4.78, 5) is 27.3. The topological polar surface area (TPSA) is 83.7 Å². The number of aliphatic hydroxyl groups is 1. The number of aliphatic hydroxyl groups excluding tert-OH is 1. The van der Waals surface area contributed by atoms with E-state index in [1.54, 1.807) is 23.1 Å². The summed E-state index contributed by atoms with van der Waals surface area (Å²) in [6, 6.07) is 13.0. The molecule has 1 saturated heterocycles. The first-order chi connectivity index (χ1) is 15.3. The lowest BCUT2D eigenvalue weighted by Gasteiger charge is -2.35. The van der Waals surface area contributed by atoms with Crippen molar-refractivity contribution in [3.63, 3.8) is 0 Å². The van der Waals surface area contributed by atoms with Gasteiger partial charge in [-0.3, -0.25) is 14.9 Å². The van der Waals surface area contributed by atoms with Crippen molar-refractivity contribution in [3.8, 4) is 0 Å². The Bertz CT molecular complexity index is 1010. The molecule has 3 rings (SSSR count). The molecule has 1 amide bonds. The highest BCUT2D eigenvalue weighted by molar-refractivity contribution is 7.99. The monoisotopic (exact) mass is 454 g/mol. The maximum absolute atomic E-state index is 12.6. The number of hydrogen-bond donors (Lipinski definition) is 1. The Balaban J connectivity index is 1.78. The second kappa shape index (κ2) is 10.8. The number of carbonyl (C=O) groups is 1. The number of nitrogens with zero attached hydrogens (tertiary/aromatic N) is 2. The van der Waals surface area contributed by atoms with E-state index in [1.807, 2.05) is 24.3 Å². The van der Waals surface area contributed by atoms with E-state index in [0.29, 0.717) is 35.4 Å². The first-order valence-corrected chi connectivity index (χ1v) is 11.7. The zero-order valence-electron chi connectivity index (χ0n) is 18.7. The summed E-state index contributed by atoms with van der Waals surface area (Å²) in [6.07, 6.45) is 3.95. The maximum atomic E-state index is 12.6. The van der Waals surface area contributed by atoms with Crippen LogP contribution < -0.4 is 0 Å². The second-order valence-electron chi connectivity index (χ2n) is 8.61. The third kappa shape index (κ3) is 5.78. The van der Waals surface area contributed by atoms with Gasteiger partial charge in [-0.05, 0) is 47.6 Å². The molecule has 0 bridgehead atoms. The summed E-state index contributed by atoms with van der Waals surface area (Å²) in [5, 5.41) is 21.2. The van der Waals surface area contributed by atoms with E-state index in [2.05, 4.69) is 20.8 Å². The van der Waals surface area contributed by atoms with Gasteiger partial charge in [0.1, 0.15) is 0 Å². The van der Waals surface area contributed by atoms with E-state index >= 15 is 0 Å². The van der Waals surface area contributed by atoms with Crippen LogP contribution in [0.1, 0.15) is 44.2 Å². The van der Waals surface area contributed by atoms with Crippen LogP contribution in [-0.2, 0) is 4.79 Å². The zero-order valence-corrected chi connectivity index (χ0v) is 19.5. The van der Waals surface area contributed by atoms with Gasteiger partial charge in [0.05, 0.1) is 9.82 Å². The second-order valence-corrected chi connectivity index (χ2v) is 9.69. The molecule has 2 unspecified atom stereocenters. The third-order valence-electron chi connectivity index (χ3n) is 6.02. The van der Waals surface area contributed by atoms with Crippen LogP contribution in [-0.4, -0.2) is 40.5 Å². The molecule has 32 heavy (non-hydrogen) atoms. The van der Waals surface area contributed by atoms with Crippen molar-refractivity contribution in [1.82, 2.24) is 4.90 Å². The number of amides is 1. The number of carbonyl (C=O) groups excluding carboxylic acids is 1. The Morgan fingerprint density at radius 2 is 2.03 bits per heavy atom. The number of nitro groups is 1. The normalized spacial score (nSPS) is 19.0. The van der Waals surface area contributed by atoms with Crippen molar-refractivity contribution >= 4 is 29.4 Å². The van der Waals surface area contributed by atoms with E-state index in [9.17, 15) is 20.0 Å². The van der Waals surface area contributed by atoms with Crippen molar-refractivity contribution in [2.45, 2.75) is 42.9 Å². The lowest BCUT2D eigenvalue weighted by molar-refractivity contribution is -0.387. The molecule has 1 aliphatic heterocycles. The zero-order chi connectivity index (χ0) is 23.3. The Hall–Kier alpha value is -2.64. The predicted octanol–water partition coefficient (Wildman–Crippen LogP) is 5.36. The first kappa shape index (κ1) is 24.0. The number of likely N-dealkylation sites (tertiary alicyclic amines) is 1. The van der Waals surface area contributed by atoms with E-state index in [0.717, 1.165) is 16.9 Å². The van der Waals surface area contributed by atoms with Crippen molar-refractivity contribution in [2.75, 3.05) is 19.7 Å². The van der Waals surface area contributed by atoms with Gasteiger partial charge in [0, 0.05) is 42.7 Å². The molecule has 1 N–H and O–H groups in total. The smallest absolute Gasteiger partial charge is 0.283 e. The average molecular weight is 455 g/mol. The van der Waals surface area contributed by atoms with Gasteiger partial charge < -0.3 is 10.0 Å². The standard InChI is InChI=1S/C25H30N2O4S/c1-17(2)21-6-4-5-7-23(21)32-24-10-8-19(14-22(24)27(30)31)9-11-25(29)26-13-12-18(3)20(15-26)16-28/h4-11,14,17-18,20,28H,12-13,15-16H2,1-3H3/b11-9+. The summed E-state index contributed by atoms with van der Waals surface area (Å²) in [6.45, 7) is 7.56.